The summed E-state index contributed by atoms with van der Waals surface area (Å²) >= 11 is 9.52. The van der Waals surface area contributed by atoms with Crippen LogP contribution in [0.3, 0.4) is 0 Å². The van der Waals surface area contributed by atoms with Crippen molar-refractivity contribution in [1.82, 2.24) is 25.7 Å². The lowest BCUT2D eigenvalue weighted by atomic mass is 10.1. The monoisotopic (exact) mass is 443 g/mol. The highest BCUT2D eigenvalue weighted by Gasteiger charge is 2.11. The second-order valence-corrected chi connectivity index (χ2v) is 7.26. The average Bonchev–Trinajstić information content (AvgIpc) is 3.31. The topological polar surface area (TPSA) is 79.6 Å². The van der Waals surface area contributed by atoms with Crippen molar-refractivity contribution in [1.29, 1.82) is 0 Å². The van der Waals surface area contributed by atoms with Gasteiger partial charge in [0, 0.05) is 32.7 Å². The zero-order chi connectivity index (χ0) is 18.6. The Morgan fingerprint density at radius 3 is 2.78 bits per heavy atom. The van der Waals surface area contributed by atoms with Crippen LogP contribution in [0.4, 0.5) is 0 Å². The minimum Gasteiger partial charge on any atom is -0.334 e. The standard InChI is InChI=1S/C19H15BrClN5O/c20-15-5-1-4-13(7-15)19-24-17(26-27-19)11-22-9-14-10-23-25-18(14)12-3-2-6-16(21)8-12/h1-8,10,22H,9,11H2,(H,23,25). The SMILES string of the molecule is Clc1cccc(-c2[nH]ncc2CNCc2noc(-c3cccc(Br)c3)n2)c1. The molecule has 0 saturated carbocycles. The number of nitrogens with zero attached hydrogens (tertiary/aromatic N) is 3. The summed E-state index contributed by atoms with van der Waals surface area (Å²) in [6, 6.07) is 15.4. The number of benzene rings is 2. The van der Waals surface area contributed by atoms with Gasteiger partial charge in [-0.1, -0.05) is 50.9 Å². The van der Waals surface area contributed by atoms with Crippen LogP contribution in [0.5, 0.6) is 0 Å². The van der Waals surface area contributed by atoms with Gasteiger partial charge in [-0.2, -0.15) is 10.1 Å². The lowest BCUT2D eigenvalue weighted by Crippen LogP contribution is -2.13. The largest absolute Gasteiger partial charge is 0.334 e. The lowest BCUT2D eigenvalue weighted by molar-refractivity contribution is 0.419. The molecule has 8 heteroatoms. The molecule has 2 heterocycles. The summed E-state index contributed by atoms with van der Waals surface area (Å²) in [6.45, 7) is 1.09. The predicted molar refractivity (Wildman–Crippen MR) is 107 cm³/mol. The van der Waals surface area contributed by atoms with Crippen molar-refractivity contribution in [3.8, 4) is 22.7 Å². The van der Waals surface area contributed by atoms with E-state index in [-0.39, 0.29) is 0 Å². The molecule has 0 aliphatic heterocycles. The average molecular weight is 445 g/mol. The summed E-state index contributed by atoms with van der Waals surface area (Å²) in [5, 5.41) is 15.2. The van der Waals surface area contributed by atoms with Crippen LogP contribution in [0.15, 0.2) is 63.7 Å². The first-order valence-electron chi connectivity index (χ1n) is 8.26. The van der Waals surface area contributed by atoms with Crippen LogP contribution < -0.4 is 5.32 Å². The fraction of sp³-hybridized carbons (Fsp3) is 0.105. The first-order chi connectivity index (χ1) is 13.2. The Morgan fingerprint density at radius 1 is 1.07 bits per heavy atom. The first kappa shape index (κ1) is 17.9. The van der Waals surface area contributed by atoms with Crippen LogP contribution in [0.1, 0.15) is 11.4 Å². The summed E-state index contributed by atoms with van der Waals surface area (Å²) < 4.78 is 6.31. The third kappa shape index (κ3) is 4.27. The van der Waals surface area contributed by atoms with Gasteiger partial charge in [-0.25, -0.2) is 0 Å². The fourth-order valence-electron chi connectivity index (χ4n) is 2.71. The van der Waals surface area contributed by atoms with E-state index in [1.54, 1.807) is 6.20 Å². The molecular formula is C19H15BrClN5O. The molecular weight excluding hydrogens is 430 g/mol. The summed E-state index contributed by atoms with van der Waals surface area (Å²) in [7, 11) is 0. The molecule has 0 aliphatic rings. The Labute approximate surface area is 169 Å². The molecule has 0 unspecified atom stereocenters. The number of nitrogens with one attached hydrogen (secondary N) is 2. The first-order valence-corrected chi connectivity index (χ1v) is 9.43. The van der Waals surface area contributed by atoms with E-state index in [9.17, 15) is 0 Å². The van der Waals surface area contributed by atoms with Crippen LogP contribution in [-0.2, 0) is 13.1 Å². The van der Waals surface area contributed by atoms with Gasteiger partial charge in [-0.3, -0.25) is 5.10 Å². The van der Waals surface area contributed by atoms with Crippen LogP contribution in [0.2, 0.25) is 5.02 Å². The van der Waals surface area contributed by atoms with E-state index in [1.165, 1.54) is 0 Å². The van der Waals surface area contributed by atoms with Crippen LogP contribution in [0.25, 0.3) is 22.7 Å². The molecule has 4 aromatic rings. The van der Waals surface area contributed by atoms with E-state index >= 15 is 0 Å². The second kappa shape index (κ2) is 8.04. The number of halogens is 2. The third-order valence-corrected chi connectivity index (χ3v) is 4.70. The Hall–Kier alpha value is -2.48. The lowest BCUT2D eigenvalue weighted by Gasteiger charge is -2.04. The zero-order valence-electron chi connectivity index (χ0n) is 14.1. The molecule has 0 aliphatic carbocycles. The number of rotatable bonds is 6. The molecule has 2 aromatic carbocycles. The van der Waals surface area contributed by atoms with Crippen molar-refractivity contribution in [2.24, 2.45) is 0 Å². The highest BCUT2D eigenvalue weighted by atomic mass is 79.9. The fourth-order valence-corrected chi connectivity index (χ4v) is 3.30. The smallest absolute Gasteiger partial charge is 0.258 e. The normalized spacial score (nSPS) is 11.0. The van der Waals surface area contributed by atoms with Crippen LogP contribution in [-0.4, -0.2) is 20.3 Å². The van der Waals surface area contributed by atoms with E-state index in [0.717, 1.165) is 26.9 Å². The Balaban J connectivity index is 1.41. The molecule has 0 amide bonds. The van der Waals surface area contributed by atoms with Crippen LogP contribution in [0, 0.1) is 0 Å². The molecule has 2 aromatic heterocycles. The summed E-state index contributed by atoms with van der Waals surface area (Å²) in [6.07, 6.45) is 1.80. The Kier molecular flexibility index (Phi) is 5.33. The van der Waals surface area contributed by atoms with Gasteiger partial charge in [-0.15, -0.1) is 0 Å². The van der Waals surface area contributed by atoms with Crippen molar-refractivity contribution >= 4 is 27.5 Å². The Bertz CT molecular complexity index is 1060. The molecule has 0 spiro atoms. The number of hydrogen-bond acceptors (Lipinski definition) is 5. The number of aromatic amines is 1. The highest BCUT2D eigenvalue weighted by Crippen LogP contribution is 2.24. The summed E-state index contributed by atoms with van der Waals surface area (Å²) in [5.41, 5.74) is 3.84. The highest BCUT2D eigenvalue weighted by molar-refractivity contribution is 9.10. The molecule has 0 radical (unpaired) electrons. The molecule has 0 bridgehead atoms. The van der Waals surface area contributed by atoms with E-state index in [2.05, 4.69) is 41.6 Å². The van der Waals surface area contributed by atoms with Crippen molar-refractivity contribution < 1.29 is 4.52 Å². The number of aromatic nitrogens is 4. The zero-order valence-corrected chi connectivity index (χ0v) is 16.5. The van der Waals surface area contributed by atoms with Gasteiger partial charge >= 0.3 is 0 Å². The van der Waals surface area contributed by atoms with Gasteiger partial charge in [0.05, 0.1) is 18.4 Å². The number of hydrogen-bond donors (Lipinski definition) is 2. The van der Waals surface area contributed by atoms with Crippen molar-refractivity contribution in [2.45, 2.75) is 13.1 Å². The van der Waals surface area contributed by atoms with Crippen LogP contribution >= 0.6 is 27.5 Å². The van der Waals surface area contributed by atoms with E-state index in [4.69, 9.17) is 16.1 Å². The van der Waals surface area contributed by atoms with Gasteiger partial charge in [0.25, 0.3) is 5.89 Å². The molecule has 4 rings (SSSR count). The minimum atomic E-state index is 0.484. The molecule has 27 heavy (non-hydrogen) atoms. The van der Waals surface area contributed by atoms with Gasteiger partial charge in [0.2, 0.25) is 0 Å². The quantitative estimate of drug-likeness (QED) is 0.445. The maximum absolute atomic E-state index is 6.08. The van der Waals surface area contributed by atoms with Gasteiger partial charge in [0.15, 0.2) is 5.82 Å². The van der Waals surface area contributed by atoms with Crippen molar-refractivity contribution in [3.05, 3.63) is 75.6 Å². The van der Waals surface area contributed by atoms with E-state index in [0.29, 0.717) is 29.8 Å². The molecule has 0 saturated heterocycles. The molecule has 0 atom stereocenters. The Morgan fingerprint density at radius 2 is 1.93 bits per heavy atom. The van der Waals surface area contributed by atoms with Gasteiger partial charge < -0.3 is 9.84 Å². The van der Waals surface area contributed by atoms with E-state index in [1.807, 2.05) is 48.5 Å². The molecule has 2 N–H and O–H groups in total. The third-order valence-electron chi connectivity index (χ3n) is 3.97. The molecule has 136 valence electrons. The van der Waals surface area contributed by atoms with Crippen molar-refractivity contribution in [2.75, 3.05) is 0 Å². The molecule has 6 nitrogen and oxygen atoms in total. The summed E-state index contributed by atoms with van der Waals surface area (Å²) in [5.74, 6) is 1.09. The van der Waals surface area contributed by atoms with E-state index < -0.39 is 0 Å². The maximum atomic E-state index is 6.08. The van der Waals surface area contributed by atoms with Gasteiger partial charge in [-0.05, 0) is 30.3 Å². The van der Waals surface area contributed by atoms with Gasteiger partial charge in [0.1, 0.15) is 0 Å². The van der Waals surface area contributed by atoms with Crippen molar-refractivity contribution in [3.63, 3.8) is 0 Å². The maximum Gasteiger partial charge on any atom is 0.258 e. The predicted octanol–water partition coefficient (Wildman–Crippen LogP) is 4.83. The molecule has 0 fully saturated rings. The minimum absolute atomic E-state index is 0.484. The number of H-pyrrole nitrogens is 1. The summed E-state index contributed by atoms with van der Waals surface area (Å²) in [4.78, 5) is 4.43. The second-order valence-electron chi connectivity index (χ2n) is 5.91.